The first kappa shape index (κ1) is 15.1. The van der Waals surface area contributed by atoms with E-state index in [1.54, 1.807) is 0 Å². The highest BCUT2D eigenvalue weighted by Crippen LogP contribution is 2.41. The van der Waals surface area contributed by atoms with Gasteiger partial charge in [0.1, 0.15) is 0 Å². The summed E-state index contributed by atoms with van der Waals surface area (Å²) in [4.78, 5) is 21.0. The zero-order chi connectivity index (χ0) is 14.7. The van der Waals surface area contributed by atoms with Gasteiger partial charge in [0.05, 0.1) is 20.8 Å². The van der Waals surface area contributed by atoms with Gasteiger partial charge in [-0.25, -0.2) is 0 Å². The second-order valence-corrected chi connectivity index (χ2v) is 6.46. The SMILES string of the molecule is O=[N+]([O-])c1ccc(S[C@H]2CCCC[C@@H]2Cl)c([N+](=O)[O-])c1. The molecule has 8 heteroatoms. The number of halogens is 1. The summed E-state index contributed by atoms with van der Waals surface area (Å²) in [6, 6.07) is 3.74. The first-order valence-electron chi connectivity index (χ1n) is 6.22. The molecule has 1 aromatic rings. The monoisotopic (exact) mass is 316 g/mol. The fourth-order valence-corrected chi connectivity index (χ4v) is 3.94. The minimum atomic E-state index is -0.633. The number of non-ortho nitro benzene ring substituents is 1. The molecule has 0 heterocycles. The van der Waals surface area contributed by atoms with Crippen LogP contribution in [-0.2, 0) is 0 Å². The lowest BCUT2D eigenvalue weighted by atomic mass is 10.00. The van der Waals surface area contributed by atoms with Crippen LogP contribution in [0.2, 0.25) is 0 Å². The zero-order valence-electron chi connectivity index (χ0n) is 10.5. The second-order valence-electron chi connectivity index (χ2n) is 4.62. The van der Waals surface area contributed by atoms with E-state index in [-0.39, 0.29) is 22.0 Å². The number of alkyl halides is 1. The van der Waals surface area contributed by atoms with Crippen molar-refractivity contribution in [2.45, 2.75) is 41.2 Å². The summed E-state index contributed by atoms with van der Waals surface area (Å²) in [6.45, 7) is 0. The molecule has 1 aliphatic carbocycles. The number of nitrogens with zero attached hydrogens (tertiary/aromatic N) is 2. The van der Waals surface area contributed by atoms with E-state index >= 15 is 0 Å². The molecule has 0 N–H and O–H groups in total. The number of rotatable bonds is 4. The maximum atomic E-state index is 11.1. The molecule has 0 amide bonds. The van der Waals surface area contributed by atoms with Gasteiger partial charge in [-0.3, -0.25) is 20.2 Å². The van der Waals surface area contributed by atoms with Crippen LogP contribution in [-0.4, -0.2) is 20.5 Å². The Labute approximate surface area is 124 Å². The molecule has 20 heavy (non-hydrogen) atoms. The lowest BCUT2D eigenvalue weighted by Gasteiger charge is -2.26. The van der Waals surface area contributed by atoms with Crippen molar-refractivity contribution in [3.63, 3.8) is 0 Å². The Balaban J connectivity index is 2.26. The molecule has 108 valence electrons. The number of thioether (sulfide) groups is 1. The normalized spacial score (nSPS) is 22.4. The minimum absolute atomic E-state index is 0.0106. The van der Waals surface area contributed by atoms with Crippen LogP contribution < -0.4 is 0 Å². The minimum Gasteiger partial charge on any atom is -0.258 e. The van der Waals surface area contributed by atoms with E-state index in [0.717, 1.165) is 31.7 Å². The number of benzene rings is 1. The van der Waals surface area contributed by atoms with E-state index < -0.39 is 9.85 Å². The van der Waals surface area contributed by atoms with Crippen molar-refractivity contribution >= 4 is 34.7 Å². The van der Waals surface area contributed by atoms with Gasteiger partial charge in [-0.1, -0.05) is 12.8 Å². The summed E-state index contributed by atoms with van der Waals surface area (Å²) >= 11 is 7.60. The van der Waals surface area contributed by atoms with Crippen LogP contribution in [0.25, 0.3) is 0 Å². The molecule has 1 saturated carbocycles. The topological polar surface area (TPSA) is 86.3 Å². The van der Waals surface area contributed by atoms with Gasteiger partial charge in [0, 0.05) is 16.7 Å². The standard InChI is InChI=1S/C12H13ClN2O4S/c13-9-3-1-2-4-11(9)20-12-6-5-8(14(16)17)7-10(12)15(18)19/h5-7,9,11H,1-4H2/t9-,11-/m0/s1. The molecule has 1 fully saturated rings. The molecule has 2 atom stereocenters. The van der Waals surface area contributed by atoms with Crippen LogP contribution in [0.5, 0.6) is 0 Å². The van der Waals surface area contributed by atoms with E-state index in [1.807, 2.05) is 0 Å². The maximum absolute atomic E-state index is 11.1. The Hall–Kier alpha value is -1.34. The molecule has 2 rings (SSSR count). The van der Waals surface area contributed by atoms with Gasteiger partial charge >= 0.3 is 0 Å². The second kappa shape index (κ2) is 6.41. The molecule has 0 spiro atoms. The quantitative estimate of drug-likeness (QED) is 0.473. The van der Waals surface area contributed by atoms with E-state index in [2.05, 4.69) is 0 Å². The summed E-state index contributed by atoms with van der Waals surface area (Å²) in [5.74, 6) is 0. The maximum Gasteiger partial charge on any atom is 0.289 e. The molecule has 1 aromatic carbocycles. The largest absolute Gasteiger partial charge is 0.289 e. The van der Waals surface area contributed by atoms with E-state index in [9.17, 15) is 20.2 Å². The summed E-state index contributed by atoms with van der Waals surface area (Å²) in [7, 11) is 0. The lowest BCUT2D eigenvalue weighted by Crippen LogP contribution is -2.22. The summed E-state index contributed by atoms with van der Waals surface area (Å²) in [5, 5.41) is 21.8. The molecular weight excluding hydrogens is 304 g/mol. The first-order valence-corrected chi connectivity index (χ1v) is 7.54. The third kappa shape index (κ3) is 3.40. The van der Waals surface area contributed by atoms with Gasteiger partial charge < -0.3 is 0 Å². The van der Waals surface area contributed by atoms with Crippen LogP contribution in [0.3, 0.4) is 0 Å². The van der Waals surface area contributed by atoms with Gasteiger partial charge in [0.2, 0.25) is 0 Å². The zero-order valence-corrected chi connectivity index (χ0v) is 12.1. The summed E-state index contributed by atoms with van der Waals surface area (Å²) in [5.41, 5.74) is -0.495. The van der Waals surface area contributed by atoms with Gasteiger partial charge in [-0.15, -0.1) is 23.4 Å². The molecule has 0 saturated heterocycles. The first-order chi connectivity index (χ1) is 9.49. The van der Waals surface area contributed by atoms with Crippen LogP contribution >= 0.6 is 23.4 Å². The van der Waals surface area contributed by atoms with Crippen LogP contribution in [0, 0.1) is 20.2 Å². The highest BCUT2D eigenvalue weighted by Gasteiger charge is 2.28. The van der Waals surface area contributed by atoms with Gasteiger partial charge in [0.25, 0.3) is 11.4 Å². The molecule has 6 nitrogen and oxygen atoms in total. The number of hydrogen-bond acceptors (Lipinski definition) is 5. The average molecular weight is 317 g/mol. The van der Waals surface area contributed by atoms with Crippen molar-refractivity contribution in [3.05, 3.63) is 38.4 Å². The lowest BCUT2D eigenvalue weighted by molar-refractivity contribution is -0.396. The molecule has 0 aliphatic heterocycles. The van der Waals surface area contributed by atoms with E-state index in [0.29, 0.717) is 4.90 Å². The van der Waals surface area contributed by atoms with Crippen LogP contribution in [0.4, 0.5) is 11.4 Å². The number of hydrogen-bond donors (Lipinski definition) is 0. The van der Waals surface area contributed by atoms with Crippen molar-refractivity contribution in [1.29, 1.82) is 0 Å². The van der Waals surface area contributed by atoms with Crippen LogP contribution in [0.1, 0.15) is 25.7 Å². The Morgan fingerprint density at radius 1 is 1.15 bits per heavy atom. The molecule has 1 aliphatic rings. The van der Waals surface area contributed by atoms with E-state index in [4.69, 9.17) is 11.6 Å². The van der Waals surface area contributed by atoms with Crippen molar-refractivity contribution < 1.29 is 9.85 Å². The smallest absolute Gasteiger partial charge is 0.258 e. The third-order valence-corrected chi connectivity index (χ3v) is 5.39. The Kier molecular flexibility index (Phi) is 4.82. The predicted octanol–water partition coefficient (Wildman–Crippen LogP) is 4.15. The van der Waals surface area contributed by atoms with Crippen molar-refractivity contribution in [2.24, 2.45) is 0 Å². The van der Waals surface area contributed by atoms with Crippen molar-refractivity contribution in [1.82, 2.24) is 0 Å². The summed E-state index contributed by atoms with van der Waals surface area (Å²) in [6.07, 6.45) is 3.95. The Morgan fingerprint density at radius 3 is 2.45 bits per heavy atom. The summed E-state index contributed by atoms with van der Waals surface area (Å²) < 4.78 is 0. The highest BCUT2D eigenvalue weighted by atomic mass is 35.5. The molecule has 0 bridgehead atoms. The van der Waals surface area contributed by atoms with E-state index in [1.165, 1.54) is 23.9 Å². The van der Waals surface area contributed by atoms with Gasteiger partial charge in [-0.05, 0) is 18.9 Å². The Morgan fingerprint density at radius 2 is 1.85 bits per heavy atom. The molecular formula is C12H13ClN2O4S. The van der Waals surface area contributed by atoms with Gasteiger partial charge in [0.15, 0.2) is 0 Å². The number of nitro benzene ring substituents is 2. The number of nitro groups is 2. The highest BCUT2D eigenvalue weighted by molar-refractivity contribution is 8.00. The van der Waals surface area contributed by atoms with Crippen LogP contribution in [0.15, 0.2) is 23.1 Å². The molecule has 0 unspecified atom stereocenters. The average Bonchev–Trinajstić information content (AvgIpc) is 2.41. The fourth-order valence-electron chi connectivity index (χ4n) is 2.21. The van der Waals surface area contributed by atoms with Gasteiger partial charge in [-0.2, -0.15) is 0 Å². The fraction of sp³-hybridized carbons (Fsp3) is 0.500. The molecule has 0 radical (unpaired) electrons. The Bertz CT molecular complexity index is 540. The third-order valence-electron chi connectivity index (χ3n) is 3.25. The molecule has 0 aromatic heterocycles. The van der Waals surface area contributed by atoms with Crippen molar-refractivity contribution in [3.8, 4) is 0 Å². The predicted molar refractivity (Wildman–Crippen MR) is 77.5 cm³/mol. The van der Waals surface area contributed by atoms with Crippen molar-refractivity contribution in [2.75, 3.05) is 0 Å².